The average Bonchev–Trinajstić information content (AvgIpc) is 2.73. The molecule has 3 rings (SSSR count). The van der Waals surface area contributed by atoms with Crippen LogP contribution in [0.4, 0.5) is 5.69 Å². The van der Waals surface area contributed by atoms with Crippen molar-refractivity contribution in [2.45, 2.75) is 23.8 Å². The van der Waals surface area contributed by atoms with Gasteiger partial charge in [-0.05, 0) is 23.3 Å². The third-order valence-electron chi connectivity index (χ3n) is 5.02. The van der Waals surface area contributed by atoms with Crippen LogP contribution in [0.15, 0.2) is 58.4 Å². The zero-order chi connectivity index (χ0) is 21.7. The molecule has 2 aromatic carbocycles. The molecular weight excluding hydrogens is 402 g/mol. The number of rotatable bonds is 6. The molecule has 0 saturated heterocycles. The van der Waals surface area contributed by atoms with Gasteiger partial charge in [0.25, 0.3) is 0 Å². The lowest BCUT2D eigenvalue weighted by atomic mass is 9.90. The van der Waals surface area contributed by atoms with E-state index in [1.165, 1.54) is 18.4 Å². The second-order valence-corrected chi connectivity index (χ2v) is 9.36. The molecule has 30 heavy (non-hydrogen) atoms. The fraction of sp³-hybridized carbons (Fsp3) is 0.333. The Bertz CT molecular complexity index is 1050. The van der Waals surface area contributed by atoms with Crippen molar-refractivity contribution in [2.24, 2.45) is 4.99 Å². The molecule has 2 aromatic rings. The lowest BCUT2D eigenvalue weighted by Gasteiger charge is -2.26. The first kappa shape index (κ1) is 21.8. The molecule has 0 radical (unpaired) electrons. The number of para-hydroxylation sites is 1. The maximum absolute atomic E-state index is 12.6. The van der Waals surface area contributed by atoms with Gasteiger partial charge in [0, 0.05) is 52.3 Å². The van der Waals surface area contributed by atoms with Crippen LogP contribution in [-0.4, -0.2) is 52.3 Å². The molecule has 1 aliphatic heterocycles. The summed E-state index contributed by atoms with van der Waals surface area (Å²) < 4.78 is 26.3. The summed E-state index contributed by atoms with van der Waals surface area (Å²) in [4.78, 5) is 16.5. The summed E-state index contributed by atoms with van der Waals surface area (Å²) in [5, 5.41) is 9.31. The van der Waals surface area contributed by atoms with Gasteiger partial charge in [0.05, 0.1) is 4.90 Å². The average molecular weight is 430 g/mol. The Labute approximate surface area is 177 Å². The standard InChI is InChI=1S/C21H27N5O3S/c1-22-21(23-13-15-8-4-7-11-19(15)30(28,29)26(2)3)24-14-16-12-20(27)25-18-10-6-5-9-17(16)18/h4-11,16H,12-14H2,1-3H3,(H,25,27)(H2,22,23,24). The summed E-state index contributed by atoms with van der Waals surface area (Å²) in [6.07, 6.45) is 0.394. The first-order chi connectivity index (χ1) is 14.3. The Morgan fingerprint density at radius 2 is 1.83 bits per heavy atom. The number of hydrogen-bond acceptors (Lipinski definition) is 4. The number of carbonyl (C=O) groups excluding carboxylic acids is 1. The number of aliphatic imine (C=N–C) groups is 1. The van der Waals surface area contributed by atoms with Gasteiger partial charge in [0.1, 0.15) is 0 Å². The summed E-state index contributed by atoms with van der Waals surface area (Å²) in [7, 11) is 1.13. The van der Waals surface area contributed by atoms with E-state index < -0.39 is 10.0 Å². The van der Waals surface area contributed by atoms with Gasteiger partial charge in [-0.15, -0.1) is 0 Å². The Morgan fingerprint density at radius 1 is 1.13 bits per heavy atom. The maximum Gasteiger partial charge on any atom is 0.242 e. The van der Waals surface area contributed by atoms with Gasteiger partial charge in [-0.1, -0.05) is 36.4 Å². The van der Waals surface area contributed by atoms with Crippen LogP contribution < -0.4 is 16.0 Å². The van der Waals surface area contributed by atoms with Crippen LogP contribution in [0.5, 0.6) is 0 Å². The van der Waals surface area contributed by atoms with Crippen molar-refractivity contribution in [3.05, 3.63) is 59.7 Å². The molecule has 0 aliphatic carbocycles. The maximum atomic E-state index is 12.6. The highest BCUT2D eigenvalue weighted by Crippen LogP contribution is 2.31. The molecule has 9 heteroatoms. The molecule has 1 amide bonds. The highest BCUT2D eigenvalue weighted by atomic mass is 32.2. The van der Waals surface area contributed by atoms with E-state index >= 15 is 0 Å². The van der Waals surface area contributed by atoms with E-state index in [2.05, 4.69) is 20.9 Å². The van der Waals surface area contributed by atoms with E-state index in [9.17, 15) is 13.2 Å². The molecule has 1 heterocycles. The van der Waals surface area contributed by atoms with Gasteiger partial charge < -0.3 is 16.0 Å². The van der Waals surface area contributed by atoms with E-state index in [1.54, 1.807) is 31.3 Å². The second-order valence-electron chi connectivity index (χ2n) is 7.24. The van der Waals surface area contributed by atoms with Gasteiger partial charge in [-0.3, -0.25) is 9.79 Å². The molecule has 0 aromatic heterocycles. The minimum atomic E-state index is -3.54. The lowest BCUT2D eigenvalue weighted by molar-refractivity contribution is -0.116. The first-order valence-electron chi connectivity index (χ1n) is 9.66. The van der Waals surface area contributed by atoms with E-state index in [4.69, 9.17) is 0 Å². The van der Waals surface area contributed by atoms with E-state index in [0.29, 0.717) is 31.0 Å². The highest BCUT2D eigenvalue weighted by Gasteiger charge is 2.25. The van der Waals surface area contributed by atoms with E-state index in [1.807, 2.05) is 24.3 Å². The SMILES string of the molecule is CN=C(NCc1ccccc1S(=O)(=O)N(C)C)NCC1CC(=O)Nc2ccccc21. The third kappa shape index (κ3) is 4.80. The predicted octanol–water partition coefficient (Wildman–Crippen LogP) is 1.73. The number of nitrogens with zero attached hydrogens (tertiary/aromatic N) is 2. The van der Waals surface area contributed by atoms with E-state index in [0.717, 1.165) is 11.3 Å². The number of anilines is 1. The van der Waals surface area contributed by atoms with Crippen molar-refractivity contribution in [3.63, 3.8) is 0 Å². The minimum Gasteiger partial charge on any atom is -0.356 e. The second kappa shape index (κ2) is 9.27. The normalized spacial score (nSPS) is 16.7. The molecule has 1 aliphatic rings. The number of hydrogen-bond donors (Lipinski definition) is 3. The van der Waals surface area contributed by atoms with Gasteiger partial charge in [0.15, 0.2) is 5.96 Å². The van der Waals surface area contributed by atoms with E-state index in [-0.39, 0.29) is 16.7 Å². The molecule has 0 spiro atoms. The number of sulfonamides is 1. The van der Waals surface area contributed by atoms with Gasteiger partial charge in [0.2, 0.25) is 15.9 Å². The minimum absolute atomic E-state index is 0.00809. The van der Waals surface area contributed by atoms with Crippen LogP contribution in [0, 0.1) is 0 Å². The van der Waals surface area contributed by atoms with Crippen molar-refractivity contribution in [2.75, 3.05) is 33.0 Å². The predicted molar refractivity (Wildman–Crippen MR) is 118 cm³/mol. The Balaban J connectivity index is 1.67. The molecule has 0 saturated carbocycles. The van der Waals surface area contributed by atoms with Crippen molar-refractivity contribution in [3.8, 4) is 0 Å². The van der Waals surface area contributed by atoms with Gasteiger partial charge in [-0.2, -0.15) is 0 Å². The van der Waals surface area contributed by atoms with Crippen LogP contribution in [0.2, 0.25) is 0 Å². The van der Waals surface area contributed by atoms with Gasteiger partial charge in [-0.25, -0.2) is 12.7 Å². The lowest BCUT2D eigenvalue weighted by Crippen LogP contribution is -2.40. The topological polar surface area (TPSA) is 103 Å². The summed E-state index contributed by atoms with van der Waals surface area (Å²) >= 11 is 0. The molecule has 160 valence electrons. The summed E-state index contributed by atoms with van der Waals surface area (Å²) in [5.41, 5.74) is 2.57. The Hall–Kier alpha value is -2.91. The fourth-order valence-corrected chi connectivity index (χ4v) is 4.52. The number of fused-ring (bicyclic) bond motifs is 1. The molecule has 1 atom stereocenters. The smallest absolute Gasteiger partial charge is 0.242 e. The number of benzene rings is 2. The monoisotopic (exact) mass is 429 g/mol. The van der Waals surface area contributed by atoms with Crippen molar-refractivity contribution >= 4 is 27.6 Å². The third-order valence-corrected chi connectivity index (χ3v) is 6.94. The molecule has 0 bridgehead atoms. The fourth-order valence-electron chi connectivity index (χ4n) is 3.40. The van der Waals surface area contributed by atoms with Crippen LogP contribution in [0.3, 0.4) is 0 Å². The molecule has 1 unspecified atom stereocenters. The van der Waals surface area contributed by atoms with Crippen LogP contribution in [-0.2, 0) is 21.4 Å². The largest absolute Gasteiger partial charge is 0.356 e. The zero-order valence-electron chi connectivity index (χ0n) is 17.3. The number of nitrogens with one attached hydrogen (secondary N) is 3. The zero-order valence-corrected chi connectivity index (χ0v) is 18.2. The van der Waals surface area contributed by atoms with Crippen LogP contribution in [0.25, 0.3) is 0 Å². The quantitative estimate of drug-likeness (QED) is 0.479. The summed E-state index contributed by atoms with van der Waals surface area (Å²) in [6.45, 7) is 0.826. The van der Waals surface area contributed by atoms with Crippen molar-refractivity contribution < 1.29 is 13.2 Å². The highest BCUT2D eigenvalue weighted by molar-refractivity contribution is 7.89. The number of carbonyl (C=O) groups is 1. The summed E-state index contributed by atoms with van der Waals surface area (Å²) in [5.74, 6) is 0.552. The van der Waals surface area contributed by atoms with Crippen LogP contribution in [0.1, 0.15) is 23.5 Å². The molecule has 3 N–H and O–H groups in total. The molecule has 8 nitrogen and oxygen atoms in total. The Kier molecular flexibility index (Phi) is 6.73. The molecule has 0 fully saturated rings. The number of amides is 1. The Morgan fingerprint density at radius 3 is 2.57 bits per heavy atom. The summed E-state index contributed by atoms with van der Waals surface area (Å²) in [6, 6.07) is 14.7. The van der Waals surface area contributed by atoms with Crippen molar-refractivity contribution in [1.82, 2.24) is 14.9 Å². The van der Waals surface area contributed by atoms with Crippen LogP contribution >= 0.6 is 0 Å². The van der Waals surface area contributed by atoms with Crippen molar-refractivity contribution in [1.29, 1.82) is 0 Å². The first-order valence-corrected chi connectivity index (χ1v) is 11.1. The molecular formula is C21H27N5O3S. The van der Waals surface area contributed by atoms with Gasteiger partial charge >= 0.3 is 0 Å². The number of guanidine groups is 1.